The van der Waals surface area contributed by atoms with E-state index in [1.165, 1.54) is 0 Å². The average Bonchev–Trinajstić information content (AvgIpc) is 3.16. The van der Waals surface area contributed by atoms with Crippen LogP contribution in [0.5, 0.6) is 0 Å². The second-order valence-corrected chi connectivity index (χ2v) is 15.5. The van der Waals surface area contributed by atoms with Gasteiger partial charge in [0.1, 0.15) is 5.54 Å². The summed E-state index contributed by atoms with van der Waals surface area (Å²) >= 11 is 0. The van der Waals surface area contributed by atoms with Crippen molar-refractivity contribution in [1.29, 1.82) is 0 Å². The van der Waals surface area contributed by atoms with E-state index in [9.17, 15) is 24.0 Å². The normalized spacial score (nSPS) is 11.0. The summed E-state index contributed by atoms with van der Waals surface area (Å²) in [6.45, 7) is 2.62. The van der Waals surface area contributed by atoms with Crippen molar-refractivity contribution in [2.75, 3.05) is 149 Å². The van der Waals surface area contributed by atoms with E-state index in [1.54, 1.807) is 6.34 Å². The number of aliphatic carboxylic acids is 1. The Kier molecular flexibility index (Phi) is 31.3. The zero-order valence-corrected chi connectivity index (χ0v) is 38.7. The minimum absolute atomic E-state index is 0.0179. The highest BCUT2D eigenvalue weighted by Gasteiger charge is 2.34. The summed E-state index contributed by atoms with van der Waals surface area (Å²) in [5.74, 6) is -0.478. The van der Waals surface area contributed by atoms with E-state index in [2.05, 4.69) is 36.2 Å². The van der Waals surface area contributed by atoms with E-state index in [0.29, 0.717) is 58.5 Å². The fraction of sp³-hybridized carbons (Fsp3) is 0.800. The molecule has 21 heteroatoms. The third-order valence-corrected chi connectivity index (χ3v) is 8.27. The van der Waals surface area contributed by atoms with Crippen LogP contribution >= 0.6 is 0 Å². The molecule has 0 aliphatic carbocycles. The van der Waals surface area contributed by atoms with Crippen molar-refractivity contribution in [3.8, 4) is 0 Å². The van der Waals surface area contributed by atoms with Gasteiger partial charge in [-0.3, -0.25) is 38.9 Å². The molecule has 0 unspecified atom stereocenters. The number of guanidine groups is 2. The van der Waals surface area contributed by atoms with Crippen molar-refractivity contribution in [2.45, 2.75) is 63.3 Å². The monoisotopic (exact) mass is 871 g/mol. The highest BCUT2D eigenvalue weighted by Crippen LogP contribution is 2.12. The molecule has 0 fully saturated rings. The predicted molar refractivity (Wildman–Crippen MR) is 238 cm³/mol. The van der Waals surface area contributed by atoms with Crippen molar-refractivity contribution >= 4 is 47.9 Å². The molecule has 0 aliphatic heterocycles. The SMILES string of the molecule is CN(C)C=NCCCNC(=O)CCOCC(COCCC(=O)NCCCN=C(N(C)C)N(C)C)(COCCC(=O)NCCCN=C(N(C)C)N(C)C)NC(=O)CCCC(=O)O. The molecule has 0 bridgehead atoms. The minimum Gasteiger partial charge on any atom is -0.481 e. The number of carbonyl (C=O) groups is 5. The molecule has 352 valence electrons. The van der Waals surface area contributed by atoms with Gasteiger partial charge in [0.25, 0.3) is 0 Å². The zero-order valence-electron chi connectivity index (χ0n) is 38.7. The molecule has 4 amide bonds. The van der Waals surface area contributed by atoms with Gasteiger partial charge in [-0.25, -0.2) is 0 Å². The van der Waals surface area contributed by atoms with Gasteiger partial charge in [0.2, 0.25) is 23.6 Å². The average molecular weight is 871 g/mol. The summed E-state index contributed by atoms with van der Waals surface area (Å²) in [7, 11) is 19.1. The molecule has 0 saturated carbocycles. The fourth-order valence-corrected chi connectivity index (χ4v) is 5.51. The van der Waals surface area contributed by atoms with Crippen LogP contribution in [-0.2, 0) is 38.2 Å². The molecule has 0 radical (unpaired) electrons. The summed E-state index contributed by atoms with van der Waals surface area (Å²) in [6.07, 6.45) is 3.66. The summed E-state index contributed by atoms with van der Waals surface area (Å²) in [4.78, 5) is 84.9. The number of carboxylic acid groups (broad SMARTS) is 1. The van der Waals surface area contributed by atoms with E-state index in [4.69, 9.17) is 19.3 Å². The number of carbonyl (C=O) groups excluding carboxylic acids is 4. The van der Waals surface area contributed by atoms with E-state index in [-0.39, 0.29) is 95.9 Å². The Hall–Kier alpha value is -4.76. The maximum absolute atomic E-state index is 13.2. The van der Waals surface area contributed by atoms with Gasteiger partial charge in [0.15, 0.2) is 11.9 Å². The Morgan fingerprint density at radius 3 is 1.25 bits per heavy atom. The van der Waals surface area contributed by atoms with Crippen LogP contribution in [0.25, 0.3) is 0 Å². The maximum atomic E-state index is 13.2. The van der Waals surface area contributed by atoms with Crippen LogP contribution in [0.3, 0.4) is 0 Å². The number of nitrogens with zero attached hydrogens (tertiary/aromatic N) is 8. The predicted octanol–water partition coefficient (Wildman–Crippen LogP) is -0.616. The highest BCUT2D eigenvalue weighted by molar-refractivity contribution is 5.80. The summed E-state index contributed by atoms with van der Waals surface area (Å²) < 4.78 is 17.8. The number of nitrogens with one attached hydrogen (secondary N) is 4. The lowest BCUT2D eigenvalue weighted by Gasteiger charge is -2.34. The Balaban J connectivity index is 5.56. The van der Waals surface area contributed by atoms with Gasteiger partial charge in [0.05, 0.1) is 46.0 Å². The lowest BCUT2D eigenvalue weighted by molar-refractivity contribution is -0.137. The minimum atomic E-state index is -1.29. The number of amides is 4. The molecule has 5 N–H and O–H groups in total. The van der Waals surface area contributed by atoms with Crippen molar-refractivity contribution in [3.05, 3.63) is 0 Å². The number of hydrogen-bond donors (Lipinski definition) is 5. The third kappa shape index (κ3) is 30.9. The molecule has 0 saturated heterocycles. The topological polar surface area (TPSA) is 235 Å². The first-order valence-electron chi connectivity index (χ1n) is 20.9. The molecule has 0 aromatic rings. The van der Waals surface area contributed by atoms with E-state index < -0.39 is 17.4 Å². The van der Waals surface area contributed by atoms with Crippen LogP contribution in [0.4, 0.5) is 0 Å². The van der Waals surface area contributed by atoms with Gasteiger partial charge in [-0.05, 0) is 25.7 Å². The highest BCUT2D eigenvalue weighted by atomic mass is 16.5. The van der Waals surface area contributed by atoms with Gasteiger partial charge < -0.3 is 65.1 Å². The standard InChI is InChI=1S/C40H78N12O9/c1-48(2)32-41-20-12-21-42-33(53)17-26-59-29-40(47-36(56)15-11-16-37(57)58,30-60-27-18-34(54)43-22-13-24-45-38(49(3)4)50(5)6)31-61-28-19-35(55)44-23-14-25-46-39(51(7)8)52(9)10/h32H,11-31H2,1-10H3,(H,42,53)(H,43,54)(H,44,55)(H,47,56)(H,57,58). The van der Waals surface area contributed by atoms with Gasteiger partial charge in [0, 0.05) is 142 Å². The largest absolute Gasteiger partial charge is 0.481 e. The number of rotatable bonds is 33. The second-order valence-electron chi connectivity index (χ2n) is 15.5. The summed E-state index contributed by atoms with van der Waals surface area (Å²) in [5.41, 5.74) is -1.29. The number of hydrogen-bond acceptors (Lipinski definition) is 11. The van der Waals surface area contributed by atoms with Crippen LogP contribution in [0.15, 0.2) is 15.0 Å². The van der Waals surface area contributed by atoms with E-state index >= 15 is 0 Å². The zero-order chi connectivity index (χ0) is 46.1. The molecular formula is C40H78N12O9. The number of aliphatic imine (C=N–C) groups is 3. The molecular weight excluding hydrogens is 793 g/mol. The van der Waals surface area contributed by atoms with Crippen LogP contribution in [0, 0.1) is 0 Å². The summed E-state index contributed by atoms with van der Waals surface area (Å²) in [5, 5.41) is 20.6. The van der Waals surface area contributed by atoms with Gasteiger partial charge in [-0.15, -0.1) is 0 Å². The van der Waals surface area contributed by atoms with Gasteiger partial charge >= 0.3 is 5.97 Å². The first-order chi connectivity index (χ1) is 28.9. The van der Waals surface area contributed by atoms with Crippen LogP contribution in [-0.4, -0.2) is 232 Å². The van der Waals surface area contributed by atoms with Crippen molar-refractivity contribution in [2.24, 2.45) is 15.0 Å². The fourth-order valence-electron chi connectivity index (χ4n) is 5.51. The number of ether oxygens (including phenoxy) is 3. The lowest BCUT2D eigenvalue weighted by atomic mass is 10.0. The van der Waals surface area contributed by atoms with E-state index in [1.807, 2.05) is 95.0 Å². The molecule has 0 aromatic carbocycles. The Bertz CT molecular complexity index is 1280. The Morgan fingerprint density at radius 2 is 0.902 bits per heavy atom. The van der Waals surface area contributed by atoms with Crippen molar-refractivity contribution in [3.63, 3.8) is 0 Å². The maximum Gasteiger partial charge on any atom is 0.303 e. The third-order valence-electron chi connectivity index (χ3n) is 8.27. The molecule has 21 nitrogen and oxygen atoms in total. The van der Waals surface area contributed by atoms with Crippen molar-refractivity contribution < 1.29 is 43.3 Å². The quantitative estimate of drug-likeness (QED) is 0.0315. The molecule has 0 aromatic heterocycles. The smallest absolute Gasteiger partial charge is 0.303 e. The Morgan fingerprint density at radius 1 is 0.525 bits per heavy atom. The Labute approximate surface area is 364 Å². The molecule has 0 atom stereocenters. The number of carboxylic acids is 1. The van der Waals surface area contributed by atoms with E-state index in [0.717, 1.165) is 11.9 Å². The molecule has 0 spiro atoms. The molecule has 61 heavy (non-hydrogen) atoms. The van der Waals surface area contributed by atoms with Crippen molar-refractivity contribution in [1.82, 2.24) is 45.8 Å². The van der Waals surface area contributed by atoms with Crippen LogP contribution in [0.2, 0.25) is 0 Å². The van der Waals surface area contributed by atoms with Crippen LogP contribution in [0.1, 0.15) is 57.8 Å². The molecule has 0 aliphatic rings. The first-order valence-corrected chi connectivity index (χ1v) is 20.9. The van der Waals surface area contributed by atoms with Gasteiger partial charge in [-0.2, -0.15) is 0 Å². The molecule has 0 heterocycles. The molecule has 0 rings (SSSR count). The second kappa shape index (κ2) is 33.9. The lowest BCUT2D eigenvalue weighted by Crippen LogP contribution is -2.58. The first kappa shape index (κ1) is 56.2. The van der Waals surface area contributed by atoms with Crippen LogP contribution < -0.4 is 21.3 Å². The summed E-state index contributed by atoms with van der Waals surface area (Å²) in [6, 6.07) is 0. The van der Waals surface area contributed by atoms with Gasteiger partial charge in [-0.1, -0.05) is 0 Å².